The van der Waals surface area contributed by atoms with Gasteiger partial charge in [-0.15, -0.1) is 12.4 Å². The van der Waals surface area contributed by atoms with E-state index in [2.05, 4.69) is 5.32 Å². The normalized spacial score (nSPS) is 33.0. The molecule has 1 atom stereocenters. The number of carbonyl (C=O) groups is 1. The van der Waals surface area contributed by atoms with Crippen molar-refractivity contribution in [2.75, 3.05) is 31.9 Å². The molecule has 1 N–H and O–H groups in total. The van der Waals surface area contributed by atoms with Crippen molar-refractivity contribution in [3.8, 4) is 0 Å². The van der Waals surface area contributed by atoms with Crippen molar-refractivity contribution >= 4 is 28.2 Å². The van der Waals surface area contributed by atoms with E-state index < -0.39 is 14.6 Å². The number of sulfone groups is 1. The van der Waals surface area contributed by atoms with Crippen LogP contribution < -0.4 is 5.32 Å². The molecule has 4 aliphatic rings. The summed E-state index contributed by atoms with van der Waals surface area (Å²) in [7, 11) is -3.06. The van der Waals surface area contributed by atoms with Crippen molar-refractivity contribution in [1.82, 2.24) is 10.2 Å². The summed E-state index contributed by atoms with van der Waals surface area (Å²) in [6, 6.07) is 0. The van der Waals surface area contributed by atoms with Gasteiger partial charge in [-0.05, 0) is 50.6 Å². The third kappa shape index (κ3) is 2.88. The first-order valence-corrected chi connectivity index (χ1v) is 10.9. The highest BCUT2D eigenvalue weighted by molar-refractivity contribution is 7.92. The number of amides is 1. The lowest BCUT2D eigenvalue weighted by atomic mass is 9.87. The number of rotatable bonds is 1. The van der Waals surface area contributed by atoms with Gasteiger partial charge in [-0.25, -0.2) is 8.42 Å². The Morgan fingerprint density at radius 2 is 1.71 bits per heavy atom. The largest absolute Gasteiger partial charge is 0.340 e. The van der Waals surface area contributed by atoms with Crippen LogP contribution in [0.25, 0.3) is 0 Å². The summed E-state index contributed by atoms with van der Waals surface area (Å²) >= 11 is 0. The van der Waals surface area contributed by atoms with Crippen LogP contribution in [0.1, 0.15) is 51.4 Å². The molecule has 2 aliphatic heterocycles. The molecule has 4 rings (SSSR count). The van der Waals surface area contributed by atoms with E-state index in [0.29, 0.717) is 13.1 Å². The van der Waals surface area contributed by atoms with Crippen LogP contribution in [0.5, 0.6) is 0 Å². The SMILES string of the molecule is Cl.O=C(C1CC12CCNCC2)N1CCS(=O)(=O)C2(CCCCC2)C1. The number of nitrogens with one attached hydrogen (secondary N) is 1. The molecule has 2 spiro atoms. The molecular formula is C17H29ClN2O3S. The van der Waals surface area contributed by atoms with E-state index in [1.54, 1.807) is 0 Å². The van der Waals surface area contributed by atoms with Gasteiger partial charge in [0.25, 0.3) is 0 Å². The lowest BCUT2D eigenvalue weighted by Crippen LogP contribution is -2.58. The second kappa shape index (κ2) is 6.44. The van der Waals surface area contributed by atoms with Gasteiger partial charge >= 0.3 is 0 Å². The van der Waals surface area contributed by atoms with Crippen molar-refractivity contribution in [2.24, 2.45) is 11.3 Å². The van der Waals surface area contributed by atoms with Crippen LogP contribution >= 0.6 is 12.4 Å². The molecule has 5 nitrogen and oxygen atoms in total. The molecule has 1 amide bonds. The molecule has 0 bridgehead atoms. The monoisotopic (exact) mass is 376 g/mol. The van der Waals surface area contributed by atoms with Crippen LogP contribution in [0, 0.1) is 11.3 Å². The fraction of sp³-hybridized carbons (Fsp3) is 0.941. The van der Waals surface area contributed by atoms with Crippen molar-refractivity contribution in [2.45, 2.75) is 56.1 Å². The minimum atomic E-state index is -3.06. The Hall–Kier alpha value is -0.330. The van der Waals surface area contributed by atoms with Gasteiger partial charge in [0.2, 0.25) is 5.91 Å². The van der Waals surface area contributed by atoms with Gasteiger partial charge < -0.3 is 10.2 Å². The predicted molar refractivity (Wildman–Crippen MR) is 96.1 cm³/mol. The quantitative estimate of drug-likeness (QED) is 0.757. The number of carbonyl (C=O) groups excluding carboxylic acids is 1. The van der Waals surface area contributed by atoms with E-state index in [4.69, 9.17) is 0 Å². The molecule has 2 saturated heterocycles. The molecule has 0 aromatic rings. The molecule has 0 aromatic carbocycles. The summed E-state index contributed by atoms with van der Waals surface area (Å²) in [6.07, 6.45) is 7.81. The van der Waals surface area contributed by atoms with Crippen molar-refractivity contribution < 1.29 is 13.2 Å². The van der Waals surface area contributed by atoms with Gasteiger partial charge in [0, 0.05) is 19.0 Å². The van der Waals surface area contributed by atoms with Crippen LogP contribution in [-0.2, 0) is 14.6 Å². The smallest absolute Gasteiger partial charge is 0.226 e. The first-order valence-electron chi connectivity index (χ1n) is 9.20. The van der Waals surface area contributed by atoms with E-state index >= 15 is 0 Å². The highest BCUT2D eigenvalue weighted by Crippen LogP contribution is 2.59. The standard InChI is InChI=1S/C17H28N2O3S.ClH/c20-15(14-12-16(14)6-8-18-9-7-16)19-10-11-23(21,22)17(13-19)4-2-1-3-5-17;/h14,18H,1-13H2;1H. The minimum Gasteiger partial charge on any atom is -0.340 e. The Morgan fingerprint density at radius 1 is 1.04 bits per heavy atom. The van der Waals surface area contributed by atoms with E-state index in [9.17, 15) is 13.2 Å². The van der Waals surface area contributed by atoms with Gasteiger partial charge in [0.1, 0.15) is 0 Å². The molecule has 24 heavy (non-hydrogen) atoms. The molecule has 0 radical (unpaired) electrons. The van der Waals surface area contributed by atoms with Gasteiger partial charge in [-0.1, -0.05) is 19.3 Å². The van der Waals surface area contributed by atoms with Crippen LogP contribution in [0.3, 0.4) is 0 Å². The van der Waals surface area contributed by atoms with Crippen molar-refractivity contribution in [3.63, 3.8) is 0 Å². The number of hydrogen-bond donors (Lipinski definition) is 1. The van der Waals surface area contributed by atoms with Gasteiger partial charge in [-0.3, -0.25) is 4.79 Å². The third-order valence-electron chi connectivity index (χ3n) is 6.93. The fourth-order valence-electron chi connectivity index (χ4n) is 5.22. The molecule has 138 valence electrons. The summed E-state index contributed by atoms with van der Waals surface area (Å²) in [5.41, 5.74) is 0.235. The maximum absolute atomic E-state index is 13.0. The average Bonchev–Trinajstić information content (AvgIpc) is 3.24. The topological polar surface area (TPSA) is 66.5 Å². The molecule has 2 saturated carbocycles. The molecule has 1 unspecified atom stereocenters. The summed E-state index contributed by atoms with van der Waals surface area (Å²) in [6.45, 7) is 2.90. The second-order valence-electron chi connectivity index (χ2n) is 8.19. The van der Waals surface area contributed by atoms with E-state index in [-0.39, 0.29) is 35.4 Å². The van der Waals surface area contributed by atoms with E-state index in [0.717, 1.165) is 64.5 Å². The van der Waals surface area contributed by atoms with E-state index in [1.807, 2.05) is 4.90 Å². The van der Waals surface area contributed by atoms with Crippen LogP contribution in [0.2, 0.25) is 0 Å². The Balaban J connectivity index is 0.00000169. The van der Waals surface area contributed by atoms with Crippen LogP contribution in [-0.4, -0.2) is 55.9 Å². The first kappa shape index (κ1) is 18.5. The summed E-state index contributed by atoms with van der Waals surface area (Å²) in [5, 5.41) is 3.37. The molecule has 7 heteroatoms. The predicted octanol–water partition coefficient (Wildman–Crippen LogP) is 1.76. The zero-order valence-corrected chi connectivity index (χ0v) is 15.9. The van der Waals surface area contributed by atoms with Gasteiger partial charge in [-0.2, -0.15) is 0 Å². The van der Waals surface area contributed by atoms with E-state index in [1.165, 1.54) is 0 Å². The summed E-state index contributed by atoms with van der Waals surface area (Å²) < 4.78 is 24.7. The zero-order valence-electron chi connectivity index (χ0n) is 14.3. The minimum absolute atomic E-state index is 0. The maximum Gasteiger partial charge on any atom is 0.226 e. The van der Waals surface area contributed by atoms with Gasteiger partial charge in [0.15, 0.2) is 9.84 Å². The second-order valence-corrected chi connectivity index (χ2v) is 10.7. The molecule has 4 fully saturated rings. The third-order valence-corrected chi connectivity index (χ3v) is 9.51. The Labute approximate surface area is 151 Å². The van der Waals surface area contributed by atoms with Crippen molar-refractivity contribution in [3.05, 3.63) is 0 Å². The number of hydrogen-bond acceptors (Lipinski definition) is 4. The van der Waals surface area contributed by atoms with Gasteiger partial charge in [0.05, 0.1) is 10.5 Å². The molecule has 2 heterocycles. The van der Waals surface area contributed by atoms with Crippen LogP contribution in [0.4, 0.5) is 0 Å². The fourth-order valence-corrected chi connectivity index (χ4v) is 7.38. The molecule has 0 aromatic heterocycles. The Morgan fingerprint density at radius 3 is 2.38 bits per heavy atom. The maximum atomic E-state index is 13.0. The summed E-state index contributed by atoms with van der Waals surface area (Å²) in [4.78, 5) is 14.9. The van der Waals surface area contributed by atoms with Crippen molar-refractivity contribution in [1.29, 1.82) is 0 Å². The lowest BCUT2D eigenvalue weighted by Gasteiger charge is -2.44. The number of halogens is 1. The zero-order chi connectivity index (χ0) is 16.1. The Bertz CT molecular complexity index is 595. The number of piperidine rings is 1. The van der Waals surface area contributed by atoms with Crippen LogP contribution in [0.15, 0.2) is 0 Å². The number of nitrogens with zero attached hydrogens (tertiary/aromatic N) is 1. The average molecular weight is 377 g/mol. The first-order chi connectivity index (χ1) is 11.0. The molecule has 2 aliphatic carbocycles. The highest BCUT2D eigenvalue weighted by Gasteiger charge is 2.60. The molecular weight excluding hydrogens is 348 g/mol. The highest BCUT2D eigenvalue weighted by atomic mass is 35.5. The summed E-state index contributed by atoms with van der Waals surface area (Å²) in [5.74, 6) is 0.567. The Kier molecular flexibility index (Phi) is 4.95. The lowest BCUT2D eigenvalue weighted by molar-refractivity contribution is -0.134.